The molecule has 2 rings (SSSR count). The molecule has 2 aromatic rings. The van der Waals surface area contributed by atoms with Crippen LogP contribution in [0.15, 0.2) is 34.8 Å². The molecule has 0 aliphatic heterocycles. The van der Waals surface area contributed by atoms with Gasteiger partial charge in [-0.15, -0.1) is 0 Å². The number of ether oxygens (including phenoxy) is 1. The minimum atomic E-state index is -0.524. The lowest BCUT2D eigenvalue weighted by Gasteiger charge is -2.10. The molecule has 0 bridgehead atoms. The van der Waals surface area contributed by atoms with E-state index >= 15 is 0 Å². The molecule has 0 fully saturated rings. The van der Waals surface area contributed by atoms with Gasteiger partial charge in [0.25, 0.3) is 5.69 Å². The van der Waals surface area contributed by atoms with Crippen LogP contribution in [0.1, 0.15) is 0 Å². The summed E-state index contributed by atoms with van der Waals surface area (Å²) in [5, 5.41) is 13.8. The Balaban J connectivity index is 2.36. The van der Waals surface area contributed by atoms with Gasteiger partial charge in [-0.05, 0) is 28.1 Å². The third-order valence-corrected chi connectivity index (χ3v) is 3.17. The highest BCUT2D eigenvalue weighted by Gasteiger charge is 2.11. The highest BCUT2D eigenvalue weighted by molar-refractivity contribution is 9.10. The number of anilines is 3. The average molecular weight is 339 g/mol. The van der Waals surface area contributed by atoms with Crippen molar-refractivity contribution in [2.24, 2.45) is 0 Å². The van der Waals surface area contributed by atoms with E-state index in [0.717, 1.165) is 4.47 Å². The number of methoxy groups -OCH3 is 1. The lowest BCUT2D eigenvalue weighted by atomic mass is 10.3. The largest absolute Gasteiger partial charge is 0.497 e. The Morgan fingerprint density at radius 2 is 2.15 bits per heavy atom. The van der Waals surface area contributed by atoms with Crippen LogP contribution in [-0.4, -0.2) is 17.0 Å². The van der Waals surface area contributed by atoms with Crippen LogP contribution in [0.5, 0.6) is 5.75 Å². The molecule has 7 nitrogen and oxygen atoms in total. The van der Waals surface area contributed by atoms with E-state index in [2.05, 4.69) is 26.2 Å². The molecule has 1 heterocycles. The lowest BCUT2D eigenvalue weighted by molar-refractivity contribution is -0.384. The zero-order chi connectivity index (χ0) is 14.7. The first-order valence-electron chi connectivity index (χ1n) is 5.52. The molecule has 0 radical (unpaired) electrons. The van der Waals surface area contributed by atoms with E-state index in [1.807, 2.05) is 0 Å². The van der Waals surface area contributed by atoms with Gasteiger partial charge in [0.2, 0.25) is 0 Å². The number of nitrogens with zero attached hydrogens (tertiary/aromatic N) is 2. The van der Waals surface area contributed by atoms with Crippen LogP contribution in [0, 0.1) is 10.1 Å². The van der Waals surface area contributed by atoms with Crippen molar-refractivity contribution in [3.05, 3.63) is 44.9 Å². The second-order valence-electron chi connectivity index (χ2n) is 3.86. The Kier molecular flexibility index (Phi) is 4.04. The number of benzene rings is 1. The van der Waals surface area contributed by atoms with Crippen molar-refractivity contribution in [1.82, 2.24) is 4.98 Å². The van der Waals surface area contributed by atoms with Crippen molar-refractivity contribution >= 4 is 38.9 Å². The normalized spacial score (nSPS) is 10.1. The maximum Gasteiger partial charge on any atom is 0.276 e. The van der Waals surface area contributed by atoms with Crippen LogP contribution >= 0.6 is 15.9 Å². The Hall–Kier alpha value is -2.35. The van der Waals surface area contributed by atoms with Crippen molar-refractivity contribution in [2.75, 3.05) is 18.2 Å². The van der Waals surface area contributed by atoms with Gasteiger partial charge in [-0.1, -0.05) is 0 Å². The number of nitro groups is 1. The highest BCUT2D eigenvalue weighted by atomic mass is 79.9. The number of hydrogen-bond acceptors (Lipinski definition) is 6. The van der Waals surface area contributed by atoms with Crippen molar-refractivity contribution in [3.63, 3.8) is 0 Å². The zero-order valence-electron chi connectivity index (χ0n) is 10.5. The third-order valence-electron chi connectivity index (χ3n) is 2.48. The van der Waals surface area contributed by atoms with Gasteiger partial charge in [0, 0.05) is 10.5 Å². The summed E-state index contributed by atoms with van der Waals surface area (Å²) >= 11 is 3.37. The topological polar surface area (TPSA) is 103 Å². The molecule has 0 spiro atoms. The monoisotopic (exact) mass is 338 g/mol. The smallest absolute Gasteiger partial charge is 0.276 e. The van der Waals surface area contributed by atoms with Gasteiger partial charge in [-0.25, -0.2) is 4.98 Å². The van der Waals surface area contributed by atoms with Crippen LogP contribution in [0.25, 0.3) is 0 Å². The number of hydrogen-bond donors (Lipinski definition) is 2. The van der Waals surface area contributed by atoms with E-state index in [9.17, 15) is 10.1 Å². The summed E-state index contributed by atoms with van der Waals surface area (Å²) < 4.78 is 5.89. The molecule has 0 atom stereocenters. The summed E-state index contributed by atoms with van der Waals surface area (Å²) in [6.07, 6.45) is 0. The molecular formula is C12H11BrN4O3. The first kappa shape index (κ1) is 14.1. The number of rotatable bonds is 4. The predicted molar refractivity (Wildman–Crippen MR) is 79.3 cm³/mol. The summed E-state index contributed by atoms with van der Waals surface area (Å²) in [4.78, 5) is 14.3. The van der Waals surface area contributed by atoms with Gasteiger partial charge in [0.15, 0.2) is 0 Å². The fraction of sp³-hybridized carbons (Fsp3) is 0.0833. The van der Waals surface area contributed by atoms with Gasteiger partial charge in [0.05, 0.1) is 29.9 Å². The second-order valence-corrected chi connectivity index (χ2v) is 4.72. The molecule has 0 aliphatic carbocycles. The van der Waals surface area contributed by atoms with E-state index in [-0.39, 0.29) is 17.3 Å². The first-order chi connectivity index (χ1) is 9.49. The molecular weight excluding hydrogens is 328 g/mol. The van der Waals surface area contributed by atoms with E-state index in [4.69, 9.17) is 10.5 Å². The number of aromatic nitrogens is 1. The zero-order valence-corrected chi connectivity index (χ0v) is 12.0. The van der Waals surface area contributed by atoms with E-state index in [0.29, 0.717) is 11.4 Å². The van der Waals surface area contributed by atoms with E-state index in [1.54, 1.807) is 25.3 Å². The van der Waals surface area contributed by atoms with Gasteiger partial charge in [0.1, 0.15) is 17.4 Å². The number of nitrogen functional groups attached to an aromatic ring is 1. The molecule has 3 N–H and O–H groups in total. The number of halogens is 1. The fourth-order valence-electron chi connectivity index (χ4n) is 1.57. The van der Waals surface area contributed by atoms with Gasteiger partial charge < -0.3 is 15.8 Å². The molecule has 0 unspecified atom stereocenters. The van der Waals surface area contributed by atoms with Gasteiger partial charge in [-0.2, -0.15) is 0 Å². The summed E-state index contributed by atoms with van der Waals surface area (Å²) in [6, 6.07) is 7.82. The van der Waals surface area contributed by atoms with Crippen LogP contribution in [0.4, 0.5) is 23.0 Å². The maximum absolute atomic E-state index is 10.8. The Morgan fingerprint density at radius 3 is 2.80 bits per heavy atom. The second kappa shape index (κ2) is 5.74. The molecule has 8 heteroatoms. The molecule has 0 amide bonds. The molecule has 0 saturated heterocycles. The van der Waals surface area contributed by atoms with Crippen LogP contribution in [0.2, 0.25) is 0 Å². The van der Waals surface area contributed by atoms with Crippen LogP contribution < -0.4 is 15.8 Å². The Labute approximate surface area is 123 Å². The minimum absolute atomic E-state index is 0.0701. The van der Waals surface area contributed by atoms with Crippen molar-refractivity contribution < 1.29 is 9.66 Å². The average Bonchev–Trinajstić information content (AvgIpc) is 2.40. The quantitative estimate of drug-likeness (QED) is 0.655. The minimum Gasteiger partial charge on any atom is -0.497 e. The molecule has 1 aromatic heterocycles. The van der Waals surface area contributed by atoms with Crippen molar-refractivity contribution in [1.29, 1.82) is 0 Å². The summed E-state index contributed by atoms with van der Waals surface area (Å²) in [7, 11) is 1.55. The fourth-order valence-corrected chi connectivity index (χ4v) is 1.92. The predicted octanol–water partition coefficient (Wildman–Crippen LogP) is 3.09. The van der Waals surface area contributed by atoms with Gasteiger partial charge in [-0.3, -0.25) is 10.1 Å². The molecule has 1 aromatic carbocycles. The first-order valence-corrected chi connectivity index (χ1v) is 6.31. The molecule has 20 heavy (non-hydrogen) atoms. The van der Waals surface area contributed by atoms with Crippen LogP contribution in [0.3, 0.4) is 0 Å². The number of nitrogens with one attached hydrogen (secondary N) is 1. The summed E-state index contributed by atoms with van der Waals surface area (Å²) in [6.45, 7) is 0. The Bertz CT molecular complexity index is 663. The standard InChI is InChI=1S/C12H11BrN4O3/c1-20-8-2-3-9(13)10(6-8)15-12-5-7(17(18)19)4-11(14)16-12/h2-6H,1H3,(H3,14,15,16). The Morgan fingerprint density at radius 1 is 1.40 bits per heavy atom. The summed E-state index contributed by atoms with van der Waals surface area (Å²) in [5.41, 5.74) is 6.09. The van der Waals surface area contributed by atoms with E-state index in [1.165, 1.54) is 12.1 Å². The highest BCUT2D eigenvalue weighted by Crippen LogP contribution is 2.30. The third kappa shape index (κ3) is 3.15. The molecule has 0 aliphatic rings. The number of pyridine rings is 1. The number of nitrogens with two attached hydrogens (primary N) is 1. The lowest BCUT2D eigenvalue weighted by Crippen LogP contribution is -2.00. The summed E-state index contributed by atoms with van der Waals surface area (Å²) in [5.74, 6) is 1.00. The van der Waals surface area contributed by atoms with Crippen molar-refractivity contribution in [2.45, 2.75) is 0 Å². The van der Waals surface area contributed by atoms with Crippen molar-refractivity contribution in [3.8, 4) is 5.75 Å². The van der Waals surface area contributed by atoms with Crippen LogP contribution in [-0.2, 0) is 0 Å². The SMILES string of the molecule is COc1ccc(Br)c(Nc2cc([N+](=O)[O-])cc(N)n2)c1. The molecule has 0 saturated carbocycles. The maximum atomic E-state index is 10.8. The van der Waals surface area contributed by atoms with E-state index < -0.39 is 4.92 Å². The molecule has 104 valence electrons. The van der Waals surface area contributed by atoms with Gasteiger partial charge >= 0.3 is 0 Å².